The first-order chi connectivity index (χ1) is 10.1. The van der Waals surface area contributed by atoms with Gasteiger partial charge in [0.1, 0.15) is 0 Å². The van der Waals surface area contributed by atoms with E-state index in [1.807, 2.05) is 30.3 Å². The van der Waals surface area contributed by atoms with Crippen LogP contribution < -0.4 is 10.9 Å². The monoisotopic (exact) mass is 286 g/mol. The molecule has 0 fully saturated rings. The molecule has 3 nitrogen and oxygen atoms in total. The lowest BCUT2D eigenvalue weighted by atomic mass is 10.1. The molecule has 0 bridgehead atoms. The maximum Gasteiger partial charge on any atom is 0.248 e. The number of anilines is 1. The van der Waals surface area contributed by atoms with Crippen molar-refractivity contribution in [1.29, 1.82) is 0 Å². The summed E-state index contributed by atoms with van der Waals surface area (Å²) in [5, 5.41) is 3.63. The SMILES string of the molecule is O=c1cc(CNc2ccccc2)c2ccc(F)c(F)c2[nH]1. The van der Waals surface area contributed by atoms with E-state index in [4.69, 9.17) is 0 Å². The molecule has 1 heterocycles. The molecule has 106 valence electrons. The zero-order chi connectivity index (χ0) is 14.8. The lowest BCUT2D eigenvalue weighted by Gasteiger charge is -2.09. The van der Waals surface area contributed by atoms with Gasteiger partial charge in [0, 0.05) is 23.7 Å². The van der Waals surface area contributed by atoms with Crippen molar-refractivity contribution < 1.29 is 8.78 Å². The van der Waals surface area contributed by atoms with Crippen molar-refractivity contribution in [1.82, 2.24) is 4.98 Å². The van der Waals surface area contributed by atoms with E-state index in [1.54, 1.807) is 0 Å². The smallest absolute Gasteiger partial charge is 0.248 e. The molecular weight excluding hydrogens is 274 g/mol. The Labute approximate surface area is 119 Å². The molecule has 0 unspecified atom stereocenters. The number of fused-ring (bicyclic) bond motifs is 1. The number of hydrogen-bond acceptors (Lipinski definition) is 2. The van der Waals surface area contributed by atoms with E-state index in [1.165, 1.54) is 12.1 Å². The van der Waals surface area contributed by atoms with E-state index in [9.17, 15) is 13.6 Å². The maximum absolute atomic E-state index is 13.8. The van der Waals surface area contributed by atoms with Crippen LogP contribution in [0.5, 0.6) is 0 Å². The molecule has 3 rings (SSSR count). The summed E-state index contributed by atoms with van der Waals surface area (Å²) in [6, 6.07) is 13.3. The molecule has 0 amide bonds. The van der Waals surface area contributed by atoms with Gasteiger partial charge in [-0.3, -0.25) is 4.79 Å². The predicted molar refractivity (Wildman–Crippen MR) is 78.3 cm³/mol. The zero-order valence-corrected chi connectivity index (χ0v) is 11.0. The Balaban J connectivity index is 2.02. The summed E-state index contributed by atoms with van der Waals surface area (Å²) >= 11 is 0. The second kappa shape index (κ2) is 5.36. The van der Waals surface area contributed by atoms with E-state index in [-0.39, 0.29) is 5.52 Å². The van der Waals surface area contributed by atoms with Crippen molar-refractivity contribution in [3.63, 3.8) is 0 Å². The fourth-order valence-corrected chi connectivity index (χ4v) is 2.24. The minimum Gasteiger partial charge on any atom is -0.381 e. The highest BCUT2D eigenvalue weighted by Crippen LogP contribution is 2.21. The van der Waals surface area contributed by atoms with Crippen molar-refractivity contribution in [2.24, 2.45) is 0 Å². The molecule has 0 aliphatic rings. The molecular formula is C16H12F2N2O. The number of aromatic amines is 1. The highest BCUT2D eigenvalue weighted by Gasteiger charge is 2.11. The molecule has 5 heteroatoms. The van der Waals surface area contributed by atoms with Crippen LogP contribution in [0.15, 0.2) is 53.3 Å². The minimum atomic E-state index is -1.04. The number of H-pyrrole nitrogens is 1. The van der Waals surface area contributed by atoms with Gasteiger partial charge in [-0.25, -0.2) is 8.78 Å². The Bertz CT molecular complexity index is 844. The number of para-hydroxylation sites is 1. The molecule has 0 aliphatic heterocycles. The summed E-state index contributed by atoms with van der Waals surface area (Å²) in [6.45, 7) is 0.343. The number of halogens is 2. The molecule has 0 atom stereocenters. The van der Waals surface area contributed by atoms with E-state index < -0.39 is 17.2 Å². The number of aromatic nitrogens is 1. The van der Waals surface area contributed by atoms with Crippen molar-refractivity contribution in [2.45, 2.75) is 6.54 Å². The molecule has 0 spiro atoms. The summed E-state index contributed by atoms with van der Waals surface area (Å²) < 4.78 is 27.0. The highest BCUT2D eigenvalue weighted by molar-refractivity contribution is 5.82. The molecule has 0 saturated carbocycles. The summed E-state index contributed by atoms with van der Waals surface area (Å²) in [5.41, 5.74) is 0.925. The Morgan fingerprint density at radius 3 is 2.57 bits per heavy atom. The van der Waals surface area contributed by atoms with Gasteiger partial charge in [0.2, 0.25) is 5.56 Å². The molecule has 0 radical (unpaired) electrons. The van der Waals surface area contributed by atoms with Gasteiger partial charge in [-0.05, 0) is 29.8 Å². The first-order valence-electron chi connectivity index (χ1n) is 6.44. The Morgan fingerprint density at radius 2 is 1.81 bits per heavy atom. The van der Waals surface area contributed by atoms with Crippen molar-refractivity contribution >= 4 is 16.6 Å². The summed E-state index contributed by atoms with van der Waals surface area (Å²) in [5.74, 6) is -2.02. The Hall–Kier alpha value is -2.69. The summed E-state index contributed by atoms with van der Waals surface area (Å²) in [6.07, 6.45) is 0. The second-order valence-electron chi connectivity index (χ2n) is 4.66. The number of hydrogen-bond donors (Lipinski definition) is 2. The fourth-order valence-electron chi connectivity index (χ4n) is 2.24. The molecule has 21 heavy (non-hydrogen) atoms. The molecule has 0 saturated heterocycles. The topological polar surface area (TPSA) is 44.9 Å². The first kappa shape index (κ1) is 13.3. The second-order valence-corrected chi connectivity index (χ2v) is 4.66. The van der Waals surface area contributed by atoms with E-state index in [0.29, 0.717) is 17.5 Å². The average Bonchev–Trinajstić information content (AvgIpc) is 2.50. The average molecular weight is 286 g/mol. The quantitative estimate of drug-likeness (QED) is 0.775. The third-order valence-electron chi connectivity index (χ3n) is 3.25. The van der Waals surface area contributed by atoms with E-state index in [2.05, 4.69) is 10.3 Å². The van der Waals surface area contributed by atoms with Gasteiger partial charge in [-0.2, -0.15) is 0 Å². The largest absolute Gasteiger partial charge is 0.381 e. The summed E-state index contributed by atoms with van der Waals surface area (Å²) in [7, 11) is 0. The maximum atomic E-state index is 13.8. The minimum absolute atomic E-state index is 0.104. The molecule has 1 aromatic heterocycles. The van der Waals surface area contributed by atoms with Crippen LogP contribution >= 0.6 is 0 Å². The van der Waals surface area contributed by atoms with Gasteiger partial charge < -0.3 is 10.3 Å². The van der Waals surface area contributed by atoms with Crippen LogP contribution in [0.1, 0.15) is 5.56 Å². The zero-order valence-electron chi connectivity index (χ0n) is 11.0. The Kier molecular flexibility index (Phi) is 3.39. The number of pyridine rings is 1. The Morgan fingerprint density at radius 1 is 1.05 bits per heavy atom. The van der Waals surface area contributed by atoms with Crippen molar-refractivity contribution in [2.75, 3.05) is 5.32 Å². The van der Waals surface area contributed by atoms with Crippen molar-refractivity contribution in [3.8, 4) is 0 Å². The van der Waals surface area contributed by atoms with Gasteiger partial charge in [0.25, 0.3) is 0 Å². The van der Waals surface area contributed by atoms with Gasteiger partial charge in [0.15, 0.2) is 11.6 Å². The number of benzene rings is 2. The normalized spacial score (nSPS) is 10.8. The van der Waals surface area contributed by atoms with Crippen LogP contribution in [0.2, 0.25) is 0 Å². The van der Waals surface area contributed by atoms with E-state index in [0.717, 1.165) is 11.8 Å². The standard InChI is InChI=1S/C16H12F2N2O/c17-13-7-6-12-10(8-14(21)20-16(12)15(13)18)9-19-11-4-2-1-3-5-11/h1-8,19H,9H2,(H,20,21). The number of rotatable bonds is 3. The third kappa shape index (κ3) is 2.63. The van der Waals surface area contributed by atoms with E-state index >= 15 is 0 Å². The van der Waals surface area contributed by atoms with Gasteiger partial charge in [-0.1, -0.05) is 18.2 Å². The molecule has 2 aromatic carbocycles. The highest BCUT2D eigenvalue weighted by atomic mass is 19.2. The summed E-state index contributed by atoms with van der Waals surface area (Å²) in [4.78, 5) is 13.9. The van der Waals surface area contributed by atoms with Gasteiger partial charge in [0.05, 0.1) is 5.52 Å². The predicted octanol–water partition coefficient (Wildman–Crippen LogP) is 3.42. The first-order valence-corrected chi connectivity index (χ1v) is 6.44. The molecule has 0 aliphatic carbocycles. The number of nitrogens with one attached hydrogen (secondary N) is 2. The molecule has 2 N–H and O–H groups in total. The third-order valence-corrected chi connectivity index (χ3v) is 3.25. The lowest BCUT2D eigenvalue weighted by molar-refractivity contribution is 0.515. The van der Waals surface area contributed by atoms with Crippen molar-refractivity contribution in [3.05, 3.63) is 76.1 Å². The van der Waals surface area contributed by atoms with Crippen LogP contribution in [0.25, 0.3) is 10.9 Å². The van der Waals surface area contributed by atoms with Crippen LogP contribution in [0.3, 0.4) is 0 Å². The molecule has 3 aromatic rings. The van der Waals surface area contributed by atoms with Crippen LogP contribution in [-0.2, 0) is 6.54 Å². The van der Waals surface area contributed by atoms with Crippen LogP contribution in [-0.4, -0.2) is 4.98 Å². The fraction of sp³-hybridized carbons (Fsp3) is 0.0625. The van der Waals surface area contributed by atoms with Crippen LogP contribution in [0.4, 0.5) is 14.5 Å². The van der Waals surface area contributed by atoms with Gasteiger partial charge >= 0.3 is 0 Å². The lowest BCUT2D eigenvalue weighted by Crippen LogP contribution is -2.11. The van der Waals surface area contributed by atoms with Gasteiger partial charge in [-0.15, -0.1) is 0 Å². The van der Waals surface area contributed by atoms with Crippen LogP contribution in [0, 0.1) is 11.6 Å².